The summed E-state index contributed by atoms with van der Waals surface area (Å²) in [6.45, 7) is 2.30. The number of rotatable bonds is 1. The van der Waals surface area contributed by atoms with Crippen LogP contribution in [0.25, 0.3) is 21.9 Å². The summed E-state index contributed by atoms with van der Waals surface area (Å²) in [5.41, 5.74) is 3.28. The van der Waals surface area contributed by atoms with E-state index < -0.39 is 0 Å². The monoisotopic (exact) mass is 237 g/mol. The van der Waals surface area contributed by atoms with Gasteiger partial charge in [0.2, 0.25) is 0 Å². The lowest BCUT2D eigenvalue weighted by molar-refractivity contribution is 0.667. The highest BCUT2D eigenvalue weighted by Gasteiger charge is 2.17. The zero-order valence-electron chi connectivity index (χ0n) is 10.2. The summed E-state index contributed by atoms with van der Waals surface area (Å²) >= 11 is 0. The van der Waals surface area contributed by atoms with Gasteiger partial charge in [-0.1, -0.05) is 30.3 Å². The van der Waals surface area contributed by atoms with Gasteiger partial charge < -0.3 is 9.32 Å². The molecular weight excluding hydrogens is 222 g/mol. The Morgan fingerprint density at radius 1 is 0.833 bits per heavy atom. The predicted molar refractivity (Wildman–Crippen MR) is 75.2 cm³/mol. The molecule has 3 aromatic rings. The molecule has 0 unspecified atom stereocenters. The standard InChI is InChI=1S/C16H15NO/c1-2-9-15-12(6-1)13-7-5-8-14(16(13)18-15)17-10-3-4-11-17/h1-2,5-9H,3-4,10-11H2. The van der Waals surface area contributed by atoms with E-state index in [0.29, 0.717) is 0 Å². The number of fused-ring (bicyclic) bond motifs is 3. The number of hydrogen-bond acceptors (Lipinski definition) is 2. The molecule has 1 fully saturated rings. The Morgan fingerprint density at radius 2 is 1.61 bits per heavy atom. The fourth-order valence-corrected chi connectivity index (χ4v) is 2.94. The molecular formula is C16H15NO. The molecule has 0 atom stereocenters. The van der Waals surface area contributed by atoms with Crippen LogP contribution < -0.4 is 4.90 Å². The molecule has 0 aliphatic carbocycles. The number of hydrogen-bond donors (Lipinski definition) is 0. The first-order chi connectivity index (χ1) is 8.93. The van der Waals surface area contributed by atoms with Crippen molar-refractivity contribution in [3.8, 4) is 0 Å². The number of benzene rings is 2. The molecule has 2 nitrogen and oxygen atoms in total. The highest BCUT2D eigenvalue weighted by Crippen LogP contribution is 2.35. The molecule has 1 aliphatic rings. The Bertz CT molecular complexity index is 707. The number of nitrogens with zero attached hydrogens (tertiary/aromatic N) is 1. The van der Waals surface area contributed by atoms with Crippen LogP contribution in [0.4, 0.5) is 5.69 Å². The van der Waals surface area contributed by atoms with Gasteiger partial charge in [0.25, 0.3) is 0 Å². The van der Waals surface area contributed by atoms with Crippen LogP contribution in [-0.4, -0.2) is 13.1 Å². The van der Waals surface area contributed by atoms with Gasteiger partial charge in [0.15, 0.2) is 5.58 Å². The molecule has 4 rings (SSSR count). The van der Waals surface area contributed by atoms with E-state index in [4.69, 9.17) is 4.42 Å². The summed E-state index contributed by atoms with van der Waals surface area (Å²) < 4.78 is 6.05. The second-order valence-corrected chi connectivity index (χ2v) is 4.95. The van der Waals surface area contributed by atoms with Gasteiger partial charge in [0, 0.05) is 23.9 Å². The van der Waals surface area contributed by atoms with Gasteiger partial charge in [-0.15, -0.1) is 0 Å². The summed E-state index contributed by atoms with van der Waals surface area (Å²) in [4.78, 5) is 2.44. The van der Waals surface area contributed by atoms with Gasteiger partial charge >= 0.3 is 0 Å². The maximum absolute atomic E-state index is 6.05. The lowest BCUT2D eigenvalue weighted by atomic mass is 10.1. The van der Waals surface area contributed by atoms with E-state index in [0.717, 1.165) is 24.3 Å². The minimum Gasteiger partial charge on any atom is -0.454 e. The molecule has 2 heteroatoms. The predicted octanol–water partition coefficient (Wildman–Crippen LogP) is 4.19. The van der Waals surface area contributed by atoms with E-state index in [2.05, 4.69) is 35.2 Å². The van der Waals surface area contributed by atoms with Crippen LogP contribution in [0.3, 0.4) is 0 Å². The molecule has 1 aromatic heterocycles. The molecule has 0 N–H and O–H groups in total. The van der Waals surface area contributed by atoms with Crippen LogP contribution in [-0.2, 0) is 0 Å². The van der Waals surface area contributed by atoms with Crippen molar-refractivity contribution in [2.24, 2.45) is 0 Å². The molecule has 2 aromatic carbocycles. The van der Waals surface area contributed by atoms with Crippen LogP contribution in [0, 0.1) is 0 Å². The van der Waals surface area contributed by atoms with Crippen molar-refractivity contribution < 1.29 is 4.42 Å². The number of para-hydroxylation sites is 2. The minimum absolute atomic E-state index is 0.985. The molecule has 0 saturated carbocycles. The molecule has 0 spiro atoms. The first-order valence-corrected chi connectivity index (χ1v) is 6.59. The molecule has 90 valence electrons. The Morgan fingerprint density at radius 3 is 2.50 bits per heavy atom. The van der Waals surface area contributed by atoms with Crippen LogP contribution in [0.15, 0.2) is 46.9 Å². The van der Waals surface area contributed by atoms with E-state index in [9.17, 15) is 0 Å². The van der Waals surface area contributed by atoms with Crippen molar-refractivity contribution in [3.05, 3.63) is 42.5 Å². The normalized spacial score (nSPS) is 15.9. The van der Waals surface area contributed by atoms with E-state index in [1.165, 1.54) is 29.3 Å². The Labute approximate surface area is 106 Å². The van der Waals surface area contributed by atoms with Crippen molar-refractivity contribution >= 4 is 27.6 Å². The number of anilines is 1. The van der Waals surface area contributed by atoms with Crippen LogP contribution in [0.2, 0.25) is 0 Å². The maximum atomic E-state index is 6.05. The minimum atomic E-state index is 0.985. The first-order valence-electron chi connectivity index (χ1n) is 6.59. The molecule has 0 bridgehead atoms. The van der Waals surface area contributed by atoms with Gasteiger partial charge in [-0.25, -0.2) is 0 Å². The molecule has 1 saturated heterocycles. The third-order valence-electron chi connectivity index (χ3n) is 3.83. The summed E-state index contributed by atoms with van der Waals surface area (Å²) in [6, 6.07) is 14.7. The third-order valence-corrected chi connectivity index (χ3v) is 3.83. The lowest BCUT2D eigenvalue weighted by Gasteiger charge is -2.17. The van der Waals surface area contributed by atoms with E-state index in [-0.39, 0.29) is 0 Å². The van der Waals surface area contributed by atoms with Crippen LogP contribution >= 0.6 is 0 Å². The molecule has 0 amide bonds. The van der Waals surface area contributed by atoms with Gasteiger partial charge in [-0.2, -0.15) is 0 Å². The van der Waals surface area contributed by atoms with Crippen molar-refractivity contribution in [2.75, 3.05) is 18.0 Å². The van der Waals surface area contributed by atoms with E-state index in [1.807, 2.05) is 12.1 Å². The fraction of sp³-hybridized carbons (Fsp3) is 0.250. The largest absolute Gasteiger partial charge is 0.454 e. The van der Waals surface area contributed by atoms with Gasteiger partial charge in [0.05, 0.1) is 5.69 Å². The fourth-order valence-electron chi connectivity index (χ4n) is 2.94. The Kier molecular flexibility index (Phi) is 2.10. The van der Waals surface area contributed by atoms with Crippen LogP contribution in [0.1, 0.15) is 12.8 Å². The quantitative estimate of drug-likeness (QED) is 0.631. The summed E-state index contributed by atoms with van der Waals surface area (Å²) in [7, 11) is 0. The molecule has 2 heterocycles. The highest BCUT2D eigenvalue weighted by atomic mass is 16.3. The van der Waals surface area contributed by atoms with Gasteiger partial charge in [-0.3, -0.25) is 0 Å². The number of furan rings is 1. The van der Waals surface area contributed by atoms with Crippen molar-refractivity contribution in [1.29, 1.82) is 0 Å². The van der Waals surface area contributed by atoms with Crippen LogP contribution in [0.5, 0.6) is 0 Å². The topological polar surface area (TPSA) is 16.4 Å². The highest BCUT2D eigenvalue weighted by molar-refractivity contribution is 6.08. The summed E-state index contributed by atoms with van der Waals surface area (Å²) in [5.74, 6) is 0. The second-order valence-electron chi connectivity index (χ2n) is 4.95. The average molecular weight is 237 g/mol. The van der Waals surface area contributed by atoms with E-state index in [1.54, 1.807) is 0 Å². The first kappa shape index (κ1) is 10.0. The van der Waals surface area contributed by atoms with E-state index >= 15 is 0 Å². The van der Waals surface area contributed by atoms with Gasteiger partial charge in [0.1, 0.15) is 5.58 Å². The van der Waals surface area contributed by atoms with Crippen molar-refractivity contribution in [1.82, 2.24) is 0 Å². The molecule has 18 heavy (non-hydrogen) atoms. The maximum Gasteiger partial charge on any atom is 0.158 e. The molecule has 1 aliphatic heterocycles. The van der Waals surface area contributed by atoms with Crippen molar-refractivity contribution in [2.45, 2.75) is 12.8 Å². The molecule has 0 radical (unpaired) electrons. The smallest absolute Gasteiger partial charge is 0.158 e. The SMILES string of the molecule is c1ccc2c(c1)oc1c(N3CCCC3)cccc12. The second kappa shape index (κ2) is 3.77. The zero-order valence-corrected chi connectivity index (χ0v) is 10.2. The summed E-state index contributed by atoms with van der Waals surface area (Å²) in [5, 5.41) is 2.45. The van der Waals surface area contributed by atoms with Crippen molar-refractivity contribution in [3.63, 3.8) is 0 Å². The zero-order chi connectivity index (χ0) is 11.9. The lowest BCUT2D eigenvalue weighted by Crippen LogP contribution is -2.17. The average Bonchev–Trinajstić information content (AvgIpc) is 3.05. The third kappa shape index (κ3) is 1.35. The Balaban J connectivity index is 2.03. The van der Waals surface area contributed by atoms with Gasteiger partial charge in [-0.05, 0) is 25.0 Å². The summed E-state index contributed by atoms with van der Waals surface area (Å²) in [6.07, 6.45) is 2.58. The Hall–Kier alpha value is -1.96.